The number of benzene rings is 2. The lowest BCUT2D eigenvalue weighted by atomic mass is 10.2. The minimum absolute atomic E-state index is 0.122. The van der Waals surface area contributed by atoms with Gasteiger partial charge in [0.1, 0.15) is 5.82 Å². The SMILES string of the molecule is O=C(/C=C/c1ccc(S(=O)(=O)N2CCOCC2)cc1)N1CCN(c2ccccc2F)CC1. The summed E-state index contributed by atoms with van der Waals surface area (Å²) in [4.78, 5) is 16.4. The average Bonchev–Trinajstić information content (AvgIpc) is 2.84. The molecule has 0 aromatic heterocycles. The highest BCUT2D eigenvalue weighted by Crippen LogP contribution is 2.21. The van der Waals surface area contributed by atoms with E-state index in [2.05, 4.69) is 0 Å². The first kappa shape index (κ1) is 22.4. The molecule has 2 aliphatic heterocycles. The van der Waals surface area contributed by atoms with E-state index >= 15 is 0 Å². The standard InChI is InChI=1S/C23H26FN3O4S/c24-21-3-1-2-4-22(21)25-11-13-26(14-12-25)23(28)10-7-19-5-8-20(9-6-19)32(29,30)27-15-17-31-18-16-27/h1-10H,11-18H2/b10-7+. The molecule has 1 amide bonds. The summed E-state index contributed by atoms with van der Waals surface area (Å²) in [5.74, 6) is -0.380. The summed E-state index contributed by atoms with van der Waals surface area (Å²) in [6, 6.07) is 13.1. The van der Waals surface area contributed by atoms with Gasteiger partial charge in [-0.2, -0.15) is 4.31 Å². The molecule has 2 fully saturated rings. The first-order chi connectivity index (χ1) is 15.4. The number of rotatable bonds is 5. The second-order valence-corrected chi connectivity index (χ2v) is 9.62. The fourth-order valence-corrected chi connectivity index (χ4v) is 5.24. The van der Waals surface area contributed by atoms with Gasteiger partial charge in [-0.1, -0.05) is 24.3 Å². The Morgan fingerprint density at radius 3 is 2.22 bits per heavy atom. The maximum atomic E-state index is 14.0. The van der Waals surface area contributed by atoms with Gasteiger partial charge < -0.3 is 14.5 Å². The van der Waals surface area contributed by atoms with Crippen LogP contribution in [-0.2, 0) is 19.6 Å². The van der Waals surface area contributed by atoms with Crippen LogP contribution in [0.4, 0.5) is 10.1 Å². The molecule has 0 N–H and O–H groups in total. The van der Waals surface area contributed by atoms with Crippen LogP contribution in [0.15, 0.2) is 59.5 Å². The third kappa shape index (κ3) is 5.01. The molecule has 2 aromatic rings. The molecule has 0 aliphatic carbocycles. The van der Waals surface area contributed by atoms with E-state index in [-0.39, 0.29) is 16.6 Å². The molecule has 0 saturated carbocycles. The number of nitrogens with zero attached hydrogens (tertiary/aromatic N) is 3. The topological polar surface area (TPSA) is 70.2 Å². The van der Waals surface area contributed by atoms with Gasteiger partial charge in [0.05, 0.1) is 23.8 Å². The number of carbonyl (C=O) groups excluding carboxylic acids is 1. The van der Waals surface area contributed by atoms with Crippen LogP contribution in [0.25, 0.3) is 6.08 Å². The van der Waals surface area contributed by atoms with Crippen LogP contribution in [0, 0.1) is 5.82 Å². The Hall–Kier alpha value is -2.75. The molecule has 2 heterocycles. The maximum Gasteiger partial charge on any atom is 0.246 e. The van der Waals surface area contributed by atoms with E-state index in [1.165, 1.54) is 16.4 Å². The number of amides is 1. The maximum absolute atomic E-state index is 14.0. The number of ether oxygens (including phenoxy) is 1. The van der Waals surface area contributed by atoms with E-state index in [9.17, 15) is 17.6 Å². The van der Waals surface area contributed by atoms with Crippen molar-refractivity contribution in [3.8, 4) is 0 Å². The number of morpholine rings is 1. The van der Waals surface area contributed by atoms with Crippen LogP contribution in [0.5, 0.6) is 0 Å². The largest absolute Gasteiger partial charge is 0.379 e. The lowest BCUT2D eigenvalue weighted by Gasteiger charge is -2.35. The second kappa shape index (κ2) is 9.81. The smallest absolute Gasteiger partial charge is 0.246 e. The molecule has 9 heteroatoms. The van der Waals surface area contributed by atoms with Gasteiger partial charge in [0.2, 0.25) is 15.9 Å². The van der Waals surface area contributed by atoms with Crippen molar-refractivity contribution >= 4 is 27.7 Å². The normalized spacial score (nSPS) is 18.3. The Kier molecular flexibility index (Phi) is 6.88. The lowest BCUT2D eigenvalue weighted by molar-refractivity contribution is -0.126. The van der Waals surface area contributed by atoms with Gasteiger partial charge in [0.25, 0.3) is 0 Å². The van der Waals surface area contributed by atoms with Crippen molar-refractivity contribution in [3.05, 3.63) is 66.0 Å². The fourth-order valence-electron chi connectivity index (χ4n) is 3.84. The van der Waals surface area contributed by atoms with Gasteiger partial charge in [0, 0.05) is 45.3 Å². The number of sulfonamides is 1. The van der Waals surface area contributed by atoms with Crippen LogP contribution in [-0.4, -0.2) is 76.0 Å². The van der Waals surface area contributed by atoms with Gasteiger partial charge >= 0.3 is 0 Å². The third-order valence-corrected chi connectivity index (χ3v) is 7.60. The molecule has 7 nitrogen and oxygen atoms in total. The van der Waals surface area contributed by atoms with Crippen molar-refractivity contribution in [3.63, 3.8) is 0 Å². The molecule has 2 saturated heterocycles. The Morgan fingerprint density at radius 1 is 0.906 bits per heavy atom. The zero-order valence-corrected chi connectivity index (χ0v) is 18.5. The minimum atomic E-state index is -3.54. The molecule has 0 spiro atoms. The fraction of sp³-hybridized carbons (Fsp3) is 0.348. The van der Waals surface area contributed by atoms with Gasteiger partial charge in [0.15, 0.2) is 0 Å². The summed E-state index contributed by atoms with van der Waals surface area (Å²) >= 11 is 0. The van der Waals surface area contributed by atoms with Gasteiger partial charge in [-0.3, -0.25) is 4.79 Å². The number of piperazine rings is 1. The van der Waals surface area contributed by atoms with E-state index in [1.807, 2.05) is 4.90 Å². The predicted molar refractivity (Wildman–Crippen MR) is 120 cm³/mol. The first-order valence-corrected chi connectivity index (χ1v) is 12.0. The van der Waals surface area contributed by atoms with E-state index < -0.39 is 10.0 Å². The van der Waals surface area contributed by atoms with Gasteiger partial charge in [-0.25, -0.2) is 12.8 Å². The van der Waals surface area contributed by atoms with Crippen LogP contribution in [0.1, 0.15) is 5.56 Å². The van der Waals surface area contributed by atoms with Crippen LogP contribution >= 0.6 is 0 Å². The number of carbonyl (C=O) groups is 1. The molecule has 2 aliphatic rings. The molecule has 170 valence electrons. The zero-order valence-electron chi connectivity index (χ0n) is 17.7. The quantitative estimate of drug-likeness (QED) is 0.642. The Labute approximate surface area is 187 Å². The van der Waals surface area contributed by atoms with Crippen molar-refractivity contribution in [2.45, 2.75) is 4.90 Å². The number of para-hydroxylation sites is 1. The Balaban J connectivity index is 1.33. The van der Waals surface area contributed by atoms with Gasteiger partial charge in [-0.05, 0) is 35.9 Å². The van der Waals surface area contributed by atoms with Gasteiger partial charge in [-0.15, -0.1) is 0 Å². The Bertz CT molecular complexity index is 1070. The summed E-state index contributed by atoms with van der Waals surface area (Å²) < 4.78 is 46.0. The van der Waals surface area contributed by atoms with Crippen LogP contribution < -0.4 is 4.90 Å². The van der Waals surface area contributed by atoms with Crippen molar-refractivity contribution in [2.24, 2.45) is 0 Å². The van der Waals surface area contributed by atoms with E-state index in [1.54, 1.807) is 53.4 Å². The molecule has 2 aromatic carbocycles. The van der Waals surface area contributed by atoms with Crippen molar-refractivity contribution in [1.29, 1.82) is 0 Å². The highest BCUT2D eigenvalue weighted by atomic mass is 32.2. The number of hydrogen-bond donors (Lipinski definition) is 0. The number of halogens is 1. The van der Waals surface area contributed by atoms with Crippen LogP contribution in [0.2, 0.25) is 0 Å². The van der Waals surface area contributed by atoms with E-state index in [4.69, 9.17) is 4.74 Å². The molecule has 4 rings (SSSR count). The predicted octanol–water partition coefficient (Wildman–Crippen LogP) is 2.21. The molecule has 0 unspecified atom stereocenters. The molecular weight excluding hydrogens is 433 g/mol. The molecule has 0 bridgehead atoms. The molecule has 0 radical (unpaired) electrons. The zero-order chi connectivity index (χ0) is 22.6. The number of anilines is 1. The highest BCUT2D eigenvalue weighted by Gasteiger charge is 2.26. The van der Waals surface area contributed by atoms with Crippen molar-refractivity contribution in [1.82, 2.24) is 9.21 Å². The summed E-state index contributed by atoms with van der Waals surface area (Å²) in [5, 5.41) is 0. The number of hydrogen-bond acceptors (Lipinski definition) is 5. The summed E-state index contributed by atoms with van der Waals surface area (Å²) in [5.41, 5.74) is 1.30. The average molecular weight is 460 g/mol. The summed E-state index contributed by atoms with van der Waals surface area (Å²) in [6.07, 6.45) is 3.17. The van der Waals surface area contributed by atoms with E-state index in [0.29, 0.717) is 58.2 Å². The summed E-state index contributed by atoms with van der Waals surface area (Å²) in [6.45, 7) is 3.64. The minimum Gasteiger partial charge on any atom is -0.379 e. The monoisotopic (exact) mass is 459 g/mol. The van der Waals surface area contributed by atoms with Crippen molar-refractivity contribution < 1.29 is 22.3 Å². The Morgan fingerprint density at radius 2 is 1.56 bits per heavy atom. The van der Waals surface area contributed by atoms with Crippen LogP contribution in [0.3, 0.4) is 0 Å². The first-order valence-electron chi connectivity index (χ1n) is 10.6. The lowest BCUT2D eigenvalue weighted by Crippen LogP contribution is -2.48. The van der Waals surface area contributed by atoms with E-state index in [0.717, 1.165) is 5.56 Å². The highest BCUT2D eigenvalue weighted by molar-refractivity contribution is 7.89. The molecule has 0 atom stereocenters. The third-order valence-electron chi connectivity index (χ3n) is 5.69. The van der Waals surface area contributed by atoms with Crippen molar-refractivity contribution in [2.75, 3.05) is 57.4 Å². The molecule has 32 heavy (non-hydrogen) atoms. The molecular formula is C23H26FN3O4S. The second-order valence-electron chi connectivity index (χ2n) is 7.68. The summed E-state index contributed by atoms with van der Waals surface area (Å²) in [7, 11) is -3.54.